The summed E-state index contributed by atoms with van der Waals surface area (Å²) in [5.41, 5.74) is 3.95. The average Bonchev–Trinajstić information content (AvgIpc) is 3.20. The highest BCUT2D eigenvalue weighted by Crippen LogP contribution is 2.45. The fraction of sp³-hybridized carbons (Fsp3) is 0.583. The summed E-state index contributed by atoms with van der Waals surface area (Å²) in [5, 5.41) is 16.8. The predicted molar refractivity (Wildman–Crippen MR) is 176 cm³/mol. The summed E-state index contributed by atoms with van der Waals surface area (Å²) in [6, 6.07) is 14.2. The molecule has 4 heterocycles. The lowest BCUT2D eigenvalue weighted by Gasteiger charge is -2.62. The van der Waals surface area contributed by atoms with Crippen molar-refractivity contribution in [2.45, 2.75) is 76.7 Å². The van der Waals surface area contributed by atoms with Crippen molar-refractivity contribution in [3.63, 3.8) is 0 Å². The number of hydrogen-bond acceptors (Lipinski definition) is 7. The summed E-state index contributed by atoms with van der Waals surface area (Å²) in [6.07, 6.45) is 3.70. The molecule has 10 nitrogen and oxygen atoms in total. The summed E-state index contributed by atoms with van der Waals surface area (Å²) in [7, 11) is 2.17. The van der Waals surface area contributed by atoms with Gasteiger partial charge in [0.2, 0.25) is 0 Å². The van der Waals surface area contributed by atoms with Crippen LogP contribution in [-0.2, 0) is 17.8 Å². The Kier molecular flexibility index (Phi) is 9.53. The second kappa shape index (κ2) is 13.4. The van der Waals surface area contributed by atoms with E-state index < -0.39 is 11.8 Å². The van der Waals surface area contributed by atoms with E-state index in [1.165, 1.54) is 0 Å². The Balaban J connectivity index is 1.35. The maximum absolute atomic E-state index is 13.7. The number of piperidine rings is 2. The van der Waals surface area contributed by atoms with E-state index in [9.17, 15) is 19.5 Å². The summed E-state index contributed by atoms with van der Waals surface area (Å²) in [6.45, 7) is 10.3. The highest BCUT2D eigenvalue weighted by molar-refractivity contribution is 5.91. The second-order valence-electron chi connectivity index (χ2n) is 14.2. The summed E-state index contributed by atoms with van der Waals surface area (Å²) in [4.78, 5) is 49.3. The molecule has 0 spiro atoms. The Hall–Kier alpha value is -3.31. The molecule has 248 valence electrons. The number of likely N-dealkylation sites (tertiary alicyclic amines) is 2. The monoisotopic (exact) mass is 630 g/mol. The second-order valence-corrected chi connectivity index (χ2v) is 14.2. The lowest BCUT2D eigenvalue weighted by atomic mass is 9.82. The molecule has 1 N–H and O–H groups in total. The van der Waals surface area contributed by atoms with Gasteiger partial charge in [0, 0.05) is 68.9 Å². The molecule has 3 amide bonds. The number of benzene rings is 2. The molecule has 3 fully saturated rings. The first-order valence-corrected chi connectivity index (χ1v) is 17.1. The van der Waals surface area contributed by atoms with Gasteiger partial charge in [0.15, 0.2) is 5.66 Å². The van der Waals surface area contributed by atoms with Crippen LogP contribution in [0, 0.1) is 13.8 Å². The van der Waals surface area contributed by atoms with E-state index in [-0.39, 0.29) is 36.1 Å². The number of hydrogen-bond donors (Lipinski definition) is 1. The van der Waals surface area contributed by atoms with Crippen molar-refractivity contribution in [2.24, 2.45) is 0 Å². The van der Waals surface area contributed by atoms with Crippen LogP contribution in [0.5, 0.6) is 0 Å². The Labute approximate surface area is 273 Å². The maximum atomic E-state index is 13.7. The van der Waals surface area contributed by atoms with Crippen molar-refractivity contribution >= 4 is 24.1 Å². The van der Waals surface area contributed by atoms with Crippen molar-refractivity contribution in [1.82, 2.24) is 19.6 Å². The minimum absolute atomic E-state index is 0.0617. The van der Waals surface area contributed by atoms with Crippen LogP contribution in [0.2, 0.25) is 0 Å². The van der Waals surface area contributed by atoms with Crippen molar-refractivity contribution in [3.05, 3.63) is 64.7 Å². The summed E-state index contributed by atoms with van der Waals surface area (Å²) in [5.74, 6) is 0. The highest BCUT2D eigenvalue weighted by atomic mass is 16.4. The van der Waals surface area contributed by atoms with Gasteiger partial charge in [-0.15, -0.1) is 0 Å². The van der Waals surface area contributed by atoms with Crippen molar-refractivity contribution in [2.75, 3.05) is 64.7 Å². The number of rotatable bonds is 7. The van der Waals surface area contributed by atoms with Gasteiger partial charge in [-0.1, -0.05) is 47.5 Å². The summed E-state index contributed by atoms with van der Waals surface area (Å²) >= 11 is 0. The Bertz CT molecular complexity index is 1420. The quantitative estimate of drug-likeness (QED) is 0.371. The molecule has 3 saturated heterocycles. The van der Waals surface area contributed by atoms with Crippen molar-refractivity contribution in [1.29, 1.82) is 0 Å². The topological polar surface area (TPSA) is 99.3 Å². The Morgan fingerprint density at radius 2 is 1.67 bits per heavy atom. The van der Waals surface area contributed by atoms with Gasteiger partial charge in [0.25, 0.3) is 6.09 Å². The number of piperazine rings is 1. The molecule has 0 radical (unpaired) electrons. The fourth-order valence-electron chi connectivity index (χ4n) is 9.04. The number of para-hydroxylation sites is 1. The molecule has 0 saturated carbocycles. The Morgan fingerprint density at radius 3 is 2.35 bits per heavy atom. The molecular formula is C36H50N6O4. The normalized spacial score (nSPS) is 28.7. The molecule has 3 atom stereocenters. The van der Waals surface area contributed by atoms with Crippen LogP contribution >= 0.6 is 0 Å². The zero-order valence-electron chi connectivity index (χ0n) is 27.7. The van der Waals surface area contributed by atoms with E-state index in [1.54, 1.807) is 0 Å². The first-order chi connectivity index (χ1) is 22.1. The van der Waals surface area contributed by atoms with E-state index in [1.807, 2.05) is 43.0 Å². The highest BCUT2D eigenvalue weighted by Gasteiger charge is 2.61. The van der Waals surface area contributed by atoms with E-state index in [0.717, 1.165) is 73.2 Å². The van der Waals surface area contributed by atoms with Gasteiger partial charge in [-0.2, -0.15) is 0 Å². The number of aryl methyl sites for hydroxylation is 2. The maximum Gasteiger partial charge on any atom is 0.322 e. The molecule has 46 heavy (non-hydrogen) atoms. The lowest BCUT2D eigenvalue weighted by molar-refractivity contribution is -0.956. The number of quaternary nitrogens is 1. The van der Waals surface area contributed by atoms with Gasteiger partial charge >= 0.3 is 6.03 Å². The molecule has 0 aromatic heterocycles. The third-order valence-corrected chi connectivity index (χ3v) is 11.4. The number of aldehydes is 1. The van der Waals surface area contributed by atoms with Crippen LogP contribution in [-0.4, -0.2) is 120 Å². The number of carboxylic acid groups (broad SMARTS) is 1. The molecule has 0 aliphatic carbocycles. The van der Waals surface area contributed by atoms with E-state index in [2.05, 4.69) is 45.3 Å². The number of nitrogens with one attached hydrogen (secondary N) is 1. The molecule has 2 aromatic carbocycles. The first-order valence-electron chi connectivity index (χ1n) is 17.1. The van der Waals surface area contributed by atoms with Crippen LogP contribution in [0.4, 0.5) is 15.3 Å². The molecule has 2 aromatic rings. The average molecular weight is 631 g/mol. The zero-order chi connectivity index (χ0) is 32.5. The van der Waals surface area contributed by atoms with Crippen LogP contribution in [0.15, 0.2) is 42.5 Å². The van der Waals surface area contributed by atoms with Gasteiger partial charge in [-0.3, -0.25) is 9.38 Å². The number of carbonyl (C=O) groups excluding carboxylic acids is 3. The largest absolute Gasteiger partial charge is 0.498 e. The number of nitrogens with zero attached hydrogens (tertiary/aromatic N) is 5. The lowest BCUT2D eigenvalue weighted by Crippen LogP contribution is -2.81. The molecule has 2 unspecified atom stereocenters. The molecule has 10 heteroatoms. The number of amides is 3. The predicted octanol–water partition coefficient (Wildman–Crippen LogP) is 3.21. The van der Waals surface area contributed by atoms with Crippen LogP contribution in [0.3, 0.4) is 0 Å². The third-order valence-electron chi connectivity index (χ3n) is 11.4. The molecule has 4 aliphatic rings. The molecule has 4 aliphatic heterocycles. The zero-order valence-corrected chi connectivity index (χ0v) is 27.7. The Morgan fingerprint density at radius 1 is 0.978 bits per heavy atom. The van der Waals surface area contributed by atoms with E-state index in [0.29, 0.717) is 44.9 Å². The number of fused-ring (bicyclic) bond motifs is 1. The van der Waals surface area contributed by atoms with Crippen LogP contribution in [0.1, 0.15) is 54.4 Å². The van der Waals surface area contributed by atoms with Crippen molar-refractivity contribution < 1.29 is 24.0 Å². The number of anilines is 1. The van der Waals surface area contributed by atoms with Gasteiger partial charge in [0.1, 0.15) is 12.8 Å². The van der Waals surface area contributed by atoms with Gasteiger partial charge < -0.3 is 29.8 Å². The van der Waals surface area contributed by atoms with Crippen molar-refractivity contribution in [3.8, 4) is 0 Å². The van der Waals surface area contributed by atoms with E-state index >= 15 is 0 Å². The number of carbonyl (C=O) groups is 3. The van der Waals surface area contributed by atoms with Gasteiger partial charge in [0.05, 0.1) is 13.0 Å². The molecule has 6 rings (SSSR count). The minimum atomic E-state index is -1.15. The minimum Gasteiger partial charge on any atom is -0.498 e. The van der Waals surface area contributed by atoms with Crippen LogP contribution in [0.25, 0.3) is 0 Å². The van der Waals surface area contributed by atoms with E-state index in [4.69, 9.17) is 0 Å². The molecule has 0 bridgehead atoms. The first kappa shape index (κ1) is 32.6. The van der Waals surface area contributed by atoms with Crippen LogP contribution < -0.4 is 10.4 Å². The standard InChI is InChI=1S/C36H50N6O4/c1-27-22-28(2)24-29(23-27)26-42(35(45)46)20-11-32(41-15-8-30-6-4-5-7-33(30)37-34(41)44)25-36(42,12-21-43)40-18-16-39(17-19-40)31-9-13-38(3)14-10-31/h4-7,21-24,31-32H,8-20,25-26H2,1-3H3,(H-,37,44,45,46)/t32?,36?,42-/m0/s1. The summed E-state index contributed by atoms with van der Waals surface area (Å²) < 4.78 is -0.338. The smallest absolute Gasteiger partial charge is 0.322 e. The fourth-order valence-corrected chi connectivity index (χ4v) is 9.04. The third kappa shape index (κ3) is 6.20. The SMILES string of the molecule is Cc1cc(C)cc(C[N@+]2(C(=O)[O-])CCC(N3CCc4ccccc4NC3=O)CC2(CC=O)N2CCN(C3CCN(C)CC3)CC2)c1. The number of urea groups is 1. The molecular weight excluding hydrogens is 580 g/mol. The van der Waals surface area contributed by atoms with Gasteiger partial charge in [-0.05, 0) is 64.9 Å². The van der Waals surface area contributed by atoms with Gasteiger partial charge in [-0.25, -0.2) is 9.69 Å².